The molecule has 1 amide bonds. The third kappa shape index (κ3) is 1.52. The highest BCUT2D eigenvalue weighted by Crippen LogP contribution is 2.33. The number of likely N-dealkylation sites (tertiary alicyclic amines) is 1. The summed E-state index contributed by atoms with van der Waals surface area (Å²) in [5, 5.41) is 8.53. The van der Waals surface area contributed by atoms with Crippen LogP contribution in [-0.4, -0.2) is 29.9 Å². The van der Waals surface area contributed by atoms with E-state index in [1.54, 1.807) is 4.90 Å². The highest BCUT2D eigenvalue weighted by molar-refractivity contribution is 5.83. The zero-order valence-corrected chi connectivity index (χ0v) is 7.44. The van der Waals surface area contributed by atoms with Gasteiger partial charge in [-0.15, -0.1) is 0 Å². The average molecular weight is 179 g/mol. The number of nitrogens with two attached hydrogens (primary N) is 1. The zero-order chi connectivity index (χ0) is 9.42. The van der Waals surface area contributed by atoms with Crippen molar-refractivity contribution in [3.63, 3.8) is 0 Å². The lowest BCUT2D eigenvalue weighted by Crippen LogP contribution is -2.55. The van der Waals surface area contributed by atoms with Crippen LogP contribution >= 0.6 is 0 Å². The Kier molecular flexibility index (Phi) is 1.97. The molecule has 0 unspecified atom stereocenters. The Balaban J connectivity index is 1.82. The van der Waals surface area contributed by atoms with Gasteiger partial charge in [0.2, 0.25) is 5.91 Å². The summed E-state index contributed by atoms with van der Waals surface area (Å²) in [6.45, 7) is 1.16. The first-order valence-electron chi connectivity index (χ1n) is 4.66. The maximum absolute atomic E-state index is 11.6. The van der Waals surface area contributed by atoms with E-state index >= 15 is 0 Å². The Labute approximate surface area is 77.3 Å². The van der Waals surface area contributed by atoms with E-state index in [1.165, 1.54) is 0 Å². The van der Waals surface area contributed by atoms with Crippen molar-refractivity contribution in [2.24, 2.45) is 17.6 Å². The molecule has 1 atom stereocenters. The maximum Gasteiger partial charge on any atom is 0.239 e. The third-order valence-electron chi connectivity index (χ3n) is 2.79. The Bertz CT molecular complexity index is 261. The molecule has 2 N–H and O–H groups in total. The second kappa shape index (κ2) is 3.00. The van der Waals surface area contributed by atoms with Crippen molar-refractivity contribution in [3.05, 3.63) is 0 Å². The highest BCUT2D eigenvalue weighted by atomic mass is 16.2. The molecule has 70 valence electrons. The molecule has 1 saturated heterocycles. The lowest BCUT2D eigenvalue weighted by molar-refractivity contribution is -0.138. The molecule has 2 rings (SSSR count). The fourth-order valence-electron chi connectivity index (χ4n) is 1.61. The van der Waals surface area contributed by atoms with Crippen LogP contribution in [0.3, 0.4) is 0 Å². The quantitative estimate of drug-likeness (QED) is 0.633. The van der Waals surface area contributed by atoms with Crippen molar-refractivity contribution >= 4 is 5.91 Å². The number of hydrogen-bond acceptors (Lipinski definition) is 3. The number of carbonyl (C=O) groups is 1. The van der Waals surface area contributed by atoms with Gasteiger partial charge in [-0.3, -0.25) is 4.79 Å². The average Bonchev–Trinajstić information content (AvgIpc) is 2.83. The summed E-state index contributed by atoms with van der Waals surface area (Å²) in [5.74, 6) is 0.484. The first-order valence-corrected chi connectivity index (χ1v) is 4.66. The molecular weight excluding hydrogens is 166 g/mol. The lowest BCUT2D eigenvalue weighted by Gasteiger charge is -2.36. The van der Waals surface area contributed by atoms with Gasteiger partial charge in [0.15, 0.2) is 0 Å². The predicted octanol–water partition coefficient (Wildman–Crippen LogP) is -0.294. The van der Waals surface area contributed by atoms with Crippen LogP contribution in [0.25, 0.3) is 0 Å². The molecule has 1 heterocycles. The van der Waals surface area contributed by atoms with Gasteiger partial charge in [-0.1, -0.05) is 0 Å². The standard InChI is InChI=1S/C9H13N3O/c10-3-6-4-12(5-6)9(13)8(11)7-1-2-7/h6-8H,1-2,4-5,11H2/t8-/m1/s1. The summed E-state index contributed by atoms with van der Waals surface area (Å²) in [6, 6.07) is 1.83. The van der Waals surface area contributed by atoms with Crippen molar-refractivity contribution < 1.29 is 4.79 Å². The van der Waals surface area contributed by atoms with E-state index in [2.05, 4.69) is 6.07 Å². The van der Waals surface area contributed by atoms with E-state index in [0.29, 0.717) is 19.0 Å². The number of rotatable bonds is 2. The largest absolute Gasteiger partial charge is 0.339 e. The lowest BCUT2D eigenvalue weighted by atomic mass is 10.00. The van der Waals surface area contributed by atoms with Gasteiger partial charge in [0.05, 0.1) is 18.0 Å². The molecule has 2 aliphatic rings. The van der Waals surface area contributed by atoms with Crippen LogP contribution in [0.15, 0.2) is 0 Å². The summed E-state index contributed by atoms with van der Waals surface area (Å²) in [4.78, 5) is 13.3. The van der Waals surface area contributed by atoms with Gasteiger partial charge in [0.1, 0.15) is 0 Å². The molecule has 0 aromatic carbocycles. The van der Waals surface area contributed by atoms with Crippen molar-refractivity contribution in [3.8, 4) is 6.07 Å². The summed E-state index contributed by atoms with van der Waals surface area (Å²) in [6.07, 6.45) is 2.17. The smallest absolute Gasteiger partial charge is 0.239 e. The minimum absolute atomic E-state index is 0.0361. The third-order valence-corrected chi connectivity index (χ3v) is 2.79. The number of nitrogens with zero attached hydrogens (tertiary/aromatic N) is 2. The van der Waals surface area contributed by atoms with Gasteiger partial charge in [0.25, 0.3) is 0 Å². The Morgan fingerprint density at radius 3 is 2.62 bits per heavy atom. The molecule has 0 bridgehead atoms. The van der Waals surface area contributed by atoms with Crippen LogP contribution < -0.4 is 5.73 Å². The number of carbonyl (C=O) groups excluding carboxylic acids is 1. The molecule has 1 aliphatic carbocycles. The first kappa shape index (κ1) is 8.52. The van der Waals surface area contributed by atoms with E-state index in [4.69, 9.17) is 11.0 Å². The minimum Gasteiger partial charge on any atom is -0.339 e. The molecule has 0 aromatic rings. The van der Waals surface area contributed by atoms with Crippen LogP contribution in [0, 0.1) is 23.2 Å². The van der Waals surface area contributed by atoms with Gasteiger partial charge >= 0.3 is 0 Å². The SMILES string of the molecule is N#CC1CN(C(=O)[C@H](N)C2CC2)C1. The van der Waals surface area contributed by atoms with E-state index < -0.39 is 0 Å². The maximum atomic E-state index is 11.6. The number of nitriles is 1. The topological polar surface area (TPSA) is 70.1 Å². The summed E-state index contributed by atoms with van der Waals surface area (Å²) in [5.41, 5.74) is 5.75. The second-order valence-electron chi connectivity index (χ2n) is 3.93. The predicted molar refractivity (Wildman–Crippen MR) is 46.4 cm³/mol. The van der Waals surface area contributed by atoms with Gasteiger partial charge < -0.3 is 10.6 Å². The summed E-state index contributed by atoms with van der Waals surface area (Å²) < 4.78 is 0. The fourth-order valence-corrected chi connectivity index (χ4v) is 1.61. The number of hydrogen-bond donors (Lipinski definition) is 1. The number of amides is 1. The van der Waals surface area contributed by atoms with Crippen LogP contribution in [0.2, 0.25) is 0 Å². The Hall–Kier alpha value is -1.08. The molecule has 1 saturated carbocycles. The molecule has 13 heavy (non-hydrogen) atoms. The molecule has 0 radical (unpaired) electrons. The molecule has 0 aromatic heterocycles. The van der Waals surface area contributed by atoms with Crippen molar-refractivity contribution in [1.29, 1.82) is 5.26 Å². The van der Waals surface area contributed by atoms with Crippen LogP contribution in [0.4, 0.5) is 0 Å². The molecule has 4 heteroatoms. The first-order chi connectivity index (χ1) is 6.22. The minimum atomic E-state index is -0.306. The normalized spacial score (nSPS) is 24.8. The molecule has 0 spiro atoms. The molecule has 2 fully saturated rings. The van der Waals surface area contributed by atoms with Gasteiger partial charge in [-0.2, -0.15) is 5.26 Å². The highest BCUT2D eigenvalue weighted by Gasteiger charge is 2.39. The molecule has 4 nitrogen and oxygen atoms in total. The summed E-state index contributed by atoms with van der Waals surface area (Å²) in [7, 11) is 0. The van der Waals surface area contributed by atoms with Crippen molar-refractivity contribution in [2.75, 3.05) is 13.1 Å². The monoisotopic (exact) mass is 179 g/mol. The molecule has 1 aliphatic heterocycles. The van der Waals surface area contributed by atoms with Crippen molar-refractivity contribution in [1.82, 2.24) is 4.90 Å². The van der Waals surface area contributed by atoms with Gasteiger partial charge in [-0.25, -0.2) is 0 Å². The van der Waals surface area contributed by atoms with Crippen LogP contribution in [0.5, 0.6) is 0 Å². The van der Waals surface area contributed by atoms with Crippen LogP contribution in [0.1, 0.15) is 12.8 Å². The van der Waals surface area contributed by atoms with Gasteiger partial charge in [0, 0.05) is 13.1 Å². The zero-order valence-electron chi connectivity index (χ0n) is 7.44. The van der Waals surface area contributed by atoms with Crippen molar-refractivity contribution in [2.45, 2.75) is 18.9 Å². The van der Waals surface area contributed by atoms with E-state index in [-0.39, 0.29) is 17.9 Å². The van der Waals surface area contributed by atoms with Gasteiger partial charge in [-0.05, 0) is 18.8 Å². The second-order valence-corrected chi connectivity index (χ2v) is 3.93. The van der Waals surface area contributed by atoms with E-state index in [9.17, 15) is 4.79 Å². The Morgan fingerprint density at radius 2 is 2.15 bits per heavy atom. The molecular formula is C9H13N3O. The van der Waals surface area contributed by atoms with E-state index in [1.807, 2.05) is 0 Å². The van der Waals surface area contributed by atoms with E-state index in [0.717, 1.165) is 12.8 Å². The summed E-state index contributed by atoms with van der Waals surface area (Å²) >= 11 is 0. The van der Waals surface area contributed by atoms with Crippen LogP contribution in [-0.2, 0) is 4.79 Å². The Morgan fingerprint density at radius 1 is 1.54 bits per heavy atom. The fraction of sp³-hybridized carbons (Fsp3) is 0.778.